The van der Waals surface area contributed by atoms with E-state index in [1.54, 1.807) is 4.57 Å². The summed E-state index contributed by atoms with van der Waals surface area (Å²) in [5, 5.41) is 0.700. The summed E-state index contributed by atoms with van der Waals surface area (Å²) in [4.78, 5) is 19.0. The molecule has 0 unspecified atom stereocenters. The van der Waals surface area contributed by atoms with Gasteiger partial charge in [-0.2, -0.15) is 0 Å². The molecule has 0 aliphatic heterocycles. The normalized spacial score (nSPS) is 11.4. The van der Waals surface area contributed by atoms with Gasteiger partial charge in [0, 0.05) is 16.7 Å². The van der Waals surface area contributed by atoms with Crippen LogP contribution in [0.1, 0.15) is 5.82 Å². The lowest BCUT2D eigenvalue weighted by Crippen LogP contribution is -2.29. The van der Waals surface area contributed by atoms with Crippen LogP contribution in [0.25, 0.3) is 10.9 Å². The number of rotatable bonds is 3. The van der Waals surface area contributed by atoms with Gasteiger partial charge in [-0.05, 0) is 61.8 Å². The summed E-state index contributed by atoms with van der Waals surface area (Å²) in [7, 11) is 4.00. The molecule has 18 heavy (non-hydrogen) atoms. The van der Waals surface area contributed by atoms with Crippen LogP contribution in [-0.2, 0) is 6.54 Å². The van der Waals surface area contributed by atoms with E-state index in [0.717, 1.165) is 21.5 Å². The van der Waals surface area contributed by atoms with Crippen molar-refractivity contribution in [1.82, 2.24) is 14.5 Å². The predicted octanol–water partition coefficient (Wildman–Crippen LogP) is 1.87. The largest absolute Gasteiger partial charge is 0.308 e. The van der Waals surface area contributed by atoms with Crippen LogP contribution in [0.5, 0.6) is 0 Å². The number of aromatic nitrogens is 2. The Morgan fingerprint density at radius 2 is 2.11 bits per heavy atom. The van der Waals surface area contributed by atoms with Crippen LogP contribution < -0.4 is 5.56 Å². The Balaban J connectivity index is 2.56. The number of hydrogen-bond acceptors (Lipinski definition) is 3. The molecule has 96 valence electrons. The molecule has 0 atom stereocenters. The lowest BCUT2D eigenvalue weighted by molar-refractivity contribution is 0.378. The first-order valence-electron chi connectivity index (χ1n) is 5.80. The van der Waals surface area contributed by atoms with Crippen molar-refractivity contribution in [3.8, 4) is 0 Å². The molecule has 0 fully saturated rings. The molecule has 1 aromatic heterocycles. The molecule has 0 amide bonds. The minimum Gasteiger partial charge on any atom is -0.308 e. The Labute approximate surface area is 120 Å². The topological polar surface area (TPSA) is 38.1 Å². The van der Waals surface area contributed by atoms with E-state index in [2.05, 4.69) is 32.5 Å². The fraction of sp³-hybridized carbons (Fsp3) is 0.385. The SMILES string of the molecule is Cc1nc2ccc(I)cc2c(=O)n1CCN(C)C. The molecule has 1 aromatic carbocycles. The number of likely N-dealkylation sites (N-methyl/N-ethyl adjacent to an activating group) is 1. The third kappa shape index (κ3) is 2.72. The van der Waals surface area contributed by atoms with E-state index >= 15 is 0 Å². The summed E-state index contributed by atoms with van der Waals surface area (Å²) in [5.74, 6) is 0.774. The Bertz CT molecular complexity index is 634. The number of halogens is 1. The summed E-state index contributed by atoms with van der Waals surface area (Å²) >= 11 is 2.21. The second kappa shape index (κ2) is 5.36. The highest BCUT2D eigenvalue weighted by Crippen LogP contribution is 2.12. The fourth-order valence-corrected chi connectivity index (χ4v) is 2.36. The van der Waals surface area contributed by atoms with Crippen LogP contribution in [0, 0.1) is 10.5 Å². The van der Waals surface area contributed by atoms with Crippen LogP contribution in [0.3, 0.4) is 0 Å². The van der Waals surface area contributed by atoms with Gasteiger partial charge < -0.3 is 4.90 Å². The van der Waals surface area contributed by atoms with Gasteiger partial charge in [0.1, 0.15) is 5.82 Å². The van der Waals surface area contributed by atoms with Crippen LogP contribution >= 0.6 is 22.6 Å². The van der Waals surface area contributed by atoms with Crippen molar-refractivity contribution in [1.29, 1.82) is 0 Å². The highest BCUT2D eigenvalue weighted by molar-refractivity contribution is 14.1. The maximum atomic E-state index is 12.4. The van der Waals surface area contributed by atoms with E-state index in [1.165, 1.54) is 0 Å². The third-order valence-corrected chi connectivity index (χ3v) is 3.55. The van der Waals surface area contributed by atoms with E-state index in [1.807, 2.05) is 39.2 Å². The average Bonchev–Trinajstić information content (AvgIpc) is 2.30. The summed E-state index contributed by atoms with van der Waals surface area (Å²) < 4.78 is 2.81. The van der Waals surface area contributed by atoms with Gasteiger partial charge in [0.25, 0.3) is 5.56 Å². The molecule has 0 N–H and O–H groups in total. The molecular weight excluding hydrogens is 341 g/mol. The summed E-state index contributed by atoms with van der Waals surface area (Å²) in [6.07, 6.45) is 0. The Morgan fingerprint density at radius 3 is 2.78 bits per heavy atom. The molecule has 0 radical (unpaired) electrons. The van der Waals surface area contributed by atoms with Crippen LogP contribution in [0.2, 0.25) is 0 Å². The monoisotopic (exact) mass is 357 g/mol. The molecule has 5 heteroatoms. The zero-order valence-electron chi connectivity index (χ0n) is 10.8. The van der Waals surface area contributed by atoms with E-state index in [9.17, 15) is 4.79 Å². The molecule has 0 saturated carbocycles. The van der Waals surface area contributed by atoms with E-state index in [0.29, 0.717) is 11.9 Å². The van der Waals surface area contributed by atoms with E-state index in [4.69, 9.17) is 0 Å². The smallest absolute Gasteiger partial charge is 0.261 e. The standard InChI is InChI=1S/C13H16IN3O/c1-9-15-12-5-4-10(14)8-11(12)13(18)17(9)7-6-16(2)3/h4-5,8H,6-7H2,1-3H3. The zero-order valence-corrected chi connectivity index (χ0v) is 12.9. The quantitative estimate of drug-likeness (QED) is 0.788. The average molecular weight is 357 g/mol. The lowest BCUT2D eigenvalue weighted by Gasteiger charge is -2.14. The molecule has 2 rings (SSSR count). The fourth-order valence-electron chi connectivity index (χ4n) is 1.87. The summed E-state index contributed by atoms with van der Waals surface area (Å²) in [6.45, 7) is 3.39. The molecule has 0 aliphatic carbocycles. The van der Waals surface area contributed by atoms with Gasteiger partial charge in [0.05, 0.1) is 10.9 Å². The van der Waals surface area contributed by atoms with Crippen molar-refractivity contribution in [2.75, 3.05) is 20.6 Å². The minimum absolute atomic E-state index is 0.0536. The predicted molar refractivity (Wildman–Crippen MR) is 82.0 cm³/mol. The van der Waals surface area contributed by atoms with Gasteiger partial charge in [-0.3, -0.25) is 9.36 Å². The van der Waals surface area contributed by atoms with Crippen LogP contribution in [0.15, 0.2) is 23.0 Å². The van der Waals surface area contributed by atoms with Gasteiger partial charge in [-0.25, -0.2) is 4.98 Å². The molecule has 0 saturated heterocycles. The van der Waals surface area contributed by atoms with Crippen molar-refractivity contribution in [3.63, 3.8) is 0 Å². The first kappa shape index (κ1) is 13.5. The highest BCUT2D eigenvalue weighted by atomic mass is 127. The Kier molecular flexibility index (Phi) is 4.01. The van der Waals surface area contributed by atoms with E-state index in [-0.39, 0.29) is 5.56 Å². The van der Waals surface area contributed by atoms with Crippen LogP contribution in [0.4, 0.5) is 0 Å². The molecule has 1 heterocycles. The van der Waals surface area contributed by atoms with Gasteiger partial charge in [0.2, 0.25) is 0 Å². The van der Waals surface area contributed by atoms with Crippen molar-refractivity contribution in [3.05, 3.63) is 37.9 Å². The first-order valence-corrected chi connectivity index (χ1v) is 6.88. The number of fused-ring (bicyclic) bond motifs is 1. The summed E-state index contributed by atoms with van der Waals surface area (Å²) in [6, 6.07) is 5.78. The number of nitrogens with zero attached hydrogens (tertiary/aromatic N) is 3. The van der Waals surface area contributed by atoms with Crippen LogP contribution in [-0.4, -0.2) is 35.1 Å². The third-order valence-electron chi connectivity index (χ3n) is 2.88. The maximum Gasteiger partial charge on any atom is 0.261 e. The minimum atomic E-state index is 0.0536. The number of hydrogen-bond donors (Lipinski definition) is 0. The van der Waals surface area contributed by atoms with Crippen molar-refractivity contribution in [2.45, 2.75) is 13.5 Å². The van der Waals surface area contributed by atoms with E-state index < -0.39 is 0 Å². The molecule has 0 spiro atoms. The Morgan fingerprint density at radius 1 is 1.39 bits per heavy atom. The first-order chi connectivity index (χ1) is 8.49. The molecule has 0 aliphatic rings. The van der Waals surface area contributed by atoms with Gasteiger partial charge in [-0.15, -0.1) is 0 Å². The lowest BCUT2D eigenvalue weighted by atomic mass is 10.2. The van der Waals surface area contributed by atoms with Crippen molar-refractivity contribution < 1.29 is 0 Å². The molecule has 0 bridgehead atoms. The molecule has 4 nitrogen and oxygen atoms in total. The maximum absolute atomic E-state index is 12.4. The number of aryl methyl sites for hydroxylation is 1. The second-order valence-electron chi connectivity index (χ2n) is 4.58. The summed E-state index contributed by atoms with van der Waals surface area (Å²) in [5.41, 5.74) is 0.830. The van der Waals surface area contributed by atoms with Crippen molar-refractivity contribution in [2.24, 2.45) is 0 Å². The van der Waals surface area contributed by atoms with Gasteiger partial charge in [-0.1, -0.05) is 0 Å². The highest BCUT2D eigenvalue weighted by Gasteiger charge is 2.08. The van der Waals surface area contributed by atoms with Gasteiger partial charge >= 0.3 is 0 Å². The van der Waals surface area contributed by atoms with Crippen molar-refractivity contribution >= 4 is 33.5 Å². The molecule has 2 aromatic rings. The number of benzene rings is 1. The van der Waals surface area contributed by atoms with Gasteiger partial charge in [0.15, 0.2) is 0 Å². The second-order valence-corrected chi connectivity index (χ2v) is 5.83. The zero-order chi connectivity index (χ0) is 13.3. The Hall–Kier alpha value is -0.950. The molecular formula is C13H16IN3O.